The van der Waals surface area contributed by atoms with Crippen LogP contribution in [0, 0.1) is 0 Å². The van der Waals surface area contributed by atoms with Crippen LogP contribution in [-0.4, -0.2) is 31.4 Å². The topological polar surface area (TPSA) is 63.2 Å². The van der Waals surface area contributed by atoms with Crippen LogP contribution in [0.2, 0.25) is 0 Å². The zero-order valence-electron chi connectivity index (χ0n) is 9.94. The summed E-state index contributed by atoms with van der Waals surface area (Å²) in [5.74, 6) is -0.0993. The van der Waals surface area contributed by atoms with Gasteiger partial charge in [-0.1, -0.05) is 12.1 Å². The molecule has 18 heavy (non-hydrogen) atoms. The third kappa shape index (κ3) is 2.92. The van der Waals surface area contributed by atoms with Crippen LogP contribution < -0.4 is 5.32 Å². The number of hydrogen-bond acceptors (Lipinski definition) is 3. The van der Waals surface area contributed by atoms with Gasteiger partial charge in [0, 0.05) is 4.47 Å². The second-order valence-corrected chi connectivity index (χ2v) is 7.88. The van der Waals surface area contributed by atoms with E-state index >= 15 is 0 Å². The van der Waals surface area contributed by atoms with Crippen LogP contribution in [0.4, 0.5) is 0 Å². The first-order chi connectivity index (χ1) is 8.31. The maximum Gasteiger partial charge on any atom is 0.252 e. The number of carbonyl (C=O) groups is 1. The lowest BCUT2D eigenvalue weighted by atomic mass is 10.0. The molecule has 0 aromatic heterocycles. The number of carbonyl (C=O) groups excluding carboxylic acids is 1. The predicted molar refractivity (Wildman–Crippen MR) is 73.3 cm³/mol. The average molecular weight is 332 g/mol. The zero-order chi connectivity index (χ0) is 13.4. The van der Waals surface area contributed by atoms with Crippen molar-refractivity contribution < 1.29 is 13.2 Å². The summed E-state index contributed by atoms with van der Waals surface area (Å²) >= 11 is 3.31. The van der Waals surface area contributed by atoms with Gasteiger partial charge in [0.05, 0.1) is 22.6 Å². The highest BCUT2D eigenvalue weighted by molar-refractivity contribution is 9.10. The Labute approximate surface area is 115 Å². The van der Waals surface area contributed by atoms with Crippen molar-refractivity contribution in [2.24, 2.45) is 0 Å². The Hall–Kier alpha value is -0.880. The fraction of sp³-hybridized carbons (Fsp3) is 0.417. The van der Waals surface area contributed by atoms with Gasteiger partial charge >= 0.3 is 0 Å². The van der Waals surface area contributed by atoms with Gasteiger partial charge in [-0.25, -0.2) is 8.42 Å². The minimum absolute atomic E-state index is 0.0101. The summed E-state index contributed by atoms with van der Waals surface area (Å²) in [4.78, 5) is 12.1. The standard InChI is InChI=1S/C12H14BrNO3S/c1-12(6-7-18(16,17)8-12)14-11(15)9-4-2-3-5-10(9)13/h2-5H,6-8H2,1H3,(H,14,15). The van der Waals surface area contributed by atoms with Crippen molar-refractivity contribution in [1.29, 1.82) is 0 Å². The summed E-state index contributed by atoms with van der Waals surface area (Å²) in [6.45, 7) is 1.77. The first-order valence-electron chi connectivity index (χ1n) is 5.59. The first kappa shape index (κ1) is 13.5. The first-order valence-corrected chi connectivity index (χ1v) is 8.20. The van der Waals surface area contributed by atoms with E-state index in [9.17, 15) is 13.2 Å². The fourth-order valence-electron chi connectivity index (χ4n) is 2.10. The maximum absolute atomic E-state index is 12.1. The number of rotatable bonds is 2. The van der Waals surface area contributed by atoms with Crippen molar-refractivity contribution >= 4 is 31.7 Å². The van der Waals surface area contributed by atoms with E-state index in [1.54, 1.807) is 25.1 Å². The quantitative estimate of drug-likeness (QED) is 0.898. The molecule has 1 unspecified atom stereocenters. The summed E-state index contributed by atoms with van der Waals surface area (Å²) in [6.07, 6.45) is 0.464. The van der Waals surface area contributed by atoms with Crippen LogP contribution in [-0.2, 0) is 9.84 Å². The molecule has 1 N–H and O–H groups in total. The average Bonchev–Trinajstić information content (AvgIpc) is 2.53. The number of halogens is 1. The van der Waals surface area contributed by atoms with Gasteiger partial charge in [-0.2, -0.15) is 0 Å². The van der Waals surface area contributed by atoms with Crippen molar-refractivity contribution in [3.05, 3.63) is 34.3 Å². The Morgan fingerprint density at radius 1 is 1.39 bits per heavy atom. The lowest BCUT2D eigenvalue weighted by molar-refractivity contribution is 0.0914. The molecule has 0 radical (unpaired) electrons. The van der Waals surface area contributed by atoms with Crippen LogP contribution >= 0.6 is 15.9 Å². The van der Waals surface area contributed by atoms with Crippen LogP contribution in [0.15, 0.2) is 28.7 Å². The SMILES string of the molecule is CC1(NC(=O)c2ccccc2Br)CCS(=O)(=O)C1. The van der Waals surface area contributed by atoms with Crippen molar-refractivity contribution in [2.45, 2.75) is 18.9 Å². The largest absolute Gasteiger partial charge is 0.346 e. The lowest BCUT2D eigenvalue weighted by Crippen LogP contribution is -2.47. The molecule has 4 nitrogen and oxygen atoms in total. The molecule has 0 aliphatic carbocycles. The van der Waals surface area contributed by atoms with E-state index in [1.165, 1.54) is 0 Å². The predicted octanol–water partition coefficient (Wildman–Crippen LogP) is 1.76. The molecular formula is C12H14BrNO3S. The van der Waals surface area contributed by atoms with Crippen molar-refractivity contribution in [2.75, 3.05) is 11.5 Å². The molecule has 1 atom stereocenters. The highest BCUT2D eigenvalue weighted by Gasteiger charge is 2.39. The molecule has 2 rings (SSSR count). The molecule has 1 saturated heterocycles. The van der Waals surface area contributed by atoms with E-state index in [0.717, 1.165) is 0 Å². The molecule has 1 aromatic carbocycles. The molecule has 1 fully saturated rings. The summed E-state index contributed by atoms with van der Waals surface area (Å²) in [6, 6.07) is 7.07. The van der Waals surface area contributed by atoms with E-state index in [4.69, 9.17) is 0 Å². The minimum atomic E-state index is -3.02. The molecule has 1 aliphatic heterocycles. The van der Waals surface area contributed by atoms with Gasteiger partial charge in [0.2, 0.25) is 0 Å². The van der Waals surface area contributed by atoms with Crippen molar-refractivity contribution in [1.82, 2.24) is 5.32 Å². The van der Waals surface area contributed by atoms with Gasteiger partial charge in [0.15, 0.2) is 9.84 Å². The fourth-order valence-corrected chi connectivity index (χ4v) is 4.65. The third-order valence-corrected chi connectivity index (χ3v) is 5.63. The number of sulfone groups is 1. The number of nitrogens with one attached hydrogen (secondary N) is 1. The Morgan fingerprint density at radius 2 is 2.06 bits per heavy atom. The van der Waals surface area contributed by atoms with E-state index in [1.807, 2.05) is 6.07 Å². The molecule has 6 heteroatoms. The summed E-state index contributed by atoms with van der Waals surface area (Å²) in [5.41, 5.74) is -0.145. The van der Waals surface area contributed by atoms with E-state index in [0.29, 0.717) is 16.5 Å². The zero-order valence-corrected chi connectivity index (χ0v) is 12.3. The number of amides is 1. The molecule has 0 saturated carbocycles. The van der Waals surface area contributed by atoms with Crippen LogP contribution in [0.1, 0.15) is 23.7 Å². The monoisotopic (exact) mass is 331 g/mol. The Bertz CT molecular complexity index is 585. The highest BCUT2D eigenvalue weighted by Crippen LogP contribution is 2.24. The smallest absolute Gasteiger partial charge is 0.252 e. The molecular weight excluding hydrogens is 318 g/mol. The van der Waals surface area contributed by atoms with Gasteiger partial charge in [-0.15, -0.1) is 0 Å². The molecule has 1 aliphatic rings. The molecule has 1 heterocycles. The summed E-state index contributed by atoms with van der Waals surface area (Å²) < 4.78 is 23.6. The van der Waals surface area contributed by atoms with E-state index in [2.05, 4.69) is 21.2 Å². The summed E-state index contributed by atoms with van der Waals surface area (Å²) in [5, 5.41) is 2.82. The highest BCUT2D eigenvalue weighted by atomic mass is 79.9. The molecule has 0 bridgehead atoms. The summed E-state index contributed by atoms with van der Waals surface area (Å²) in [7, 11) is -3.02. The van der Waals surface area contributed by atoms with Gasteiger partial charge < -0.3 is 5.32 Å². The van der Waals surface area contributed by atoms with Gasteiger partial charge in [0.1, 0.15) is 0 Å². The Kier molecular flexibility index (Phi) is 3.51. The Morgan fingerprint density at radius 3 is 2.61 bits per heavy atom. The number of hydrogen-bond donors (Lipinski definition) is 1. The molecule has 1 amide bonds. The third-order valence-electron chi connectivity index (χ3n) is 3.04. The number of benzene rings is 1. The van der Waals surface area contributed by atoms with Crippen LogP contribution in [0.25, 0.3) is 0 Å². The normalized spacial score (nSPS) is 25.9. The van der Waals surface area contributed by atoms with Crippen molar-refractivity contribution in [3.63, 3.8) is 0 Å². The molecule has 1 aromatic rings. The second-order valence-electron chi connectivity index (χ2n) is 4.84. The van der Waals surface area contributed by atoms with Crippen molar-refractivity contribution in [3.8, 4) is 0 Å². The van der Waals surface area contributed by atoms with Gasteiger partial charge in [0.25, 0.3) is 5.91 Å². The molecule has 0 spiro atoms. The van der Waals surface area contributed by atoms with Crippen LogP contribution in [0.3, 0.4) is 0 Å². The maximum atomic E-state index is 12.1. The minimum Gasteiger partial charge on any atom is -0.346 e. The van der Waals surface area contributed by atoms with Crippen LogP contribution in [0.5, 0.6) is 0 Å². The Balaban J connectivity index is 2.16. The second kappa shape index (κ2) is 4.66. The lowest BCUT2D eigenvalue weighted by Gasteiger charge is -2.24. The van der Waals surface area contributed by atoms with Gasteiger partial charge in [-0.3, -0.25) is 4.79 Å². The van der Waals surface area contributed by atoms with E-state index in [-0.39, 0.29) is 17.4 Å². The molecule has 98 valence electrons. The van der Waals surface area contributed by atoms with Gasteiger partial charge in [-0.05, 0) is 41.4 Å². The van der Waals surface area contributed by atoms with E-state index < -0.39 is 15.4 Å².